The molecule has 2 fully saturated rings. The first-order valence-corrected chi connectivity index (χ1v) is 15.6. The number of carboxylic acids is 1. The van der Waals surface area contributed by atoms with E-state index in [1.807, 2.05) is 0 Å². The summed E-state index contributed by atoms with van der Waals surface area (Å²) < 4.78 is 6.29. The van der Waals surface area contributed by atoms with Gasteiger partial charge < -0.3 is 29.4 Å². The van der Waals surface area contributed by atoms with E-state index in [-0.39, 0.29) is 6.42 Å². The number of aromatic nitrogens is 2. The van der Waals surface area contributed by atoms with Crippen molar-refractivity contribution in [2.24, 2.45) is 0 Å². The monoisotopic (exact) mass is 609 g/mol. The SMILES string of the molecule is Cc1cccc2cccc(N3CCc4c(nc(OC[C@@H]5CCCN5C)nc4N4CCN(C(=O)/C=C/C(=O)O)[C@@H](CC#N)C4)C3)c12. The van der Waals surface area contributed by atoms with Crippen molar-refractivity contribution in [2.75, 3.05) is 56.2 Å². The van der Waals surface area contributed by atoms with Crippen molar-refractivity contribution in [3.8, 4) is 12.1 Å². The summed E-state index contributed by atoms with van der Waals surface area (Å²) in [6, 6.07) is 15.3. The number of hydrogen-bond acceptors (Lipinski definition) is 9. The van der Waals surface area contributed by atoms with Crippen LogP contribution in [0.3, 0.4) is 0 Å². The molecular weight excluding hydrogens is 570 g/mol. The average Bonchev–Trinajstić information content (AvgIpc) is 3.46. The number of likely N-dealkylation sites (N-methyl/N-ethyl adjacent to an activating group) is 1. The molecule has 11 nitrogen and oxygen atoms in total. The lowest BCUT2D eigenvalue weighted by Gasteiger charge is -2.42. The van der Waals surface area contributed by atoms with Gasteiger partial charge in [0.05, 0.1) is 30.8 Å². The molecule has 45 heavy (non-hydrogen) atoms. The van der Waals surface area contributed by atoms with Crippen molar-refractivity contribution in [3.05, 3.63) is 65.4 Å². The molecule has 2 saturated heterocycles. The van der Waals surface area contributed by atoms with Crippen LogP contribution in [0.15, 0.2) is 48.6 Å². The van der Waals surface area contributed by atoms with Gasteiger partial charge in [0.25, 0.3) is 0 Å². The molecule has 1 N–H and O–H groups in total. The van der Waals surface area contributed by atoms with Crippen LogP contribution in [0.1, 0.15) is 36.1 Å². The lowest BCUT2D eigenvalue weighted by atomic mass is 9.99. The zero-order valence-corrected chi connectivity index (χ0v) is 25.9. The number of carbonyl (C=O) groups excluding carboxylic acids is 1. The van der Waals surface area contributed by atoms with Gasteiger partial charge in [0.1, 0.15) is 12.4 Å². The molecular formula is C34H39N7O4. The molecule has 0 unspecified atom stereocenters. The molecule has 0 radical (unpaired) electrons. The summed E-state index contributed by atoms with van der Waals surface area (Å²) in [7, 11) is 2.12. The van der Waals surface area contributed by atoms with E-state index in [0.29, 0.717) is 44.8 Å². The number of aliphatic carboxylic acids is 1. The summed E-state index contributed by atoms with van der Waals surface area (Å²) in [6.45, 7) is 6.36. The Labute approximate surface area is 263 Å². The van der Waals surface area contributed by atoms with E-state index in [9.17, 15) is 14.9 Å². The number of nitrogens with zero attached hydrogens (tertiary/aromatic N) is 7. The number of piperazine rings is 1. The standard InChI is InChI=1S/C34H39N7O4/c1-23-6-3-7-24-8-4-10-29(32(23)24)39-17-14-27-28(21-39)36-34(45-22-26-9-5-16-38(26)2)37-33(27)40-18-19-41(25(20-40)13-15-35)30(42)11-12-31(43)44/h3-4,6-8,10-12,25-26H,5,9,13-14,16-22H2,1-2H3,(H,43,44)/b12-11+/t25-,26-/m0/s1. The fourth-order valence-electron chi connectivity index (χ4n) is 6.91. The number of likely N-dealkylation sites (tertiary alicyclic amines) is 1. The summed E-state index contributed by atoms with van der Waals surface area (Å²) >= 11 is 0. The molecule has 2 atom stereocenters. The van der Waals surface area contributed by atoms with Crippen molar-refractivity contribution in [1.82, 2.24) is 19.8 Å². The molecule has 0 saturated carbocycles. The van der Waals surface area contributed by atoms with Crippen LogP contribution < -0.4 is 14.5 Å². The zero-order chi connectivity index (χ0) is 31.5. The molecule has 0 bridgehead atoms. The topological polar surface area (TPSA) is 126 Å². The van der Waals surface area contributed by atoms with Crippen LogP contribution in [0, 0.1) is 18.3 Å². The molecule has 4 heterocycles. The minimum atomic E-state index is -1.18. The number of ether oxygens (including phenoxy) is 1. The van der Waals surface area contributed by atoms with Crippen LogP contribution in [-0.4, -0.2) is 95.2 Å². The minimum Gasteiger partial charge on any atom is -0.478 e. The largest absolute Gasteiger partial charge is 0.478 e. The highest BCUT2D eigenvalue weighted by Gasteiger charge is 2.34. The second-order valence-electron chi connectivity index (χ2n) is 12.1. The van der Waals surface area contributed by atoms with Crippen LogP contribution in [0.5, 0.6) is 6.01 Å². The number of anilines is 2. The number of hydrogen-bond donors (Lipinski definition) is 1. The van der Waals surface area contributed by atoms with Crippen molar-refractivity contribution < 1.29 is 19.4 Å². The van der Waals surface area contributed by atoms with Gasteiger partial charge in [-0.05, 0) is 56.8 Å². The normalized spacial score (nSPS) is 20.4. The lowest BCUT2D eigenvalue weighted by Crippen LogP contribution is -2.55. The first-order valence-electron chi connectivity index (χ1n) is 15.6. The van der Waals surface area contributed by atoms with Crippen LogP contribution >= 0.6 is 0 Å². The van der Waals surface area contributed by atoms with Gasteiger partial charge in [-0.15, -0.1) is 0 Å². The molecule has 3 aliphatic heterocycles. The highest BCUT2D eigenvalue weighted by atomic mass is 16.5. The number of benzene rings is 2. The van der Waals surface area contributed by atoms with E-state index in [1.165, 1.54) is 22.0 Å². The lowest BCUT2D eigenvalue weighted by molar-refractivity contribution is -0.133. The van der Waals surface area contributed by atoms with E-state index >= 15 is 0 Å². The second kappa shape index (κ2) is 13.1. The summed E-state index contributed by atoms with van der Waals surface area (Å²) in [5, 5.41) is 21.0. The number of rotatable bonds is 8. The molecule has 0 spiro atoms. The maximum absolute atomic E-state index is 12.8. The Balaban J connectivity index is 1.32. The predicted molar refractivity (Wildman–Crippen MR) is 171 cm³/mol. The maximum Gasteiger partial charge on any atom is 0.328 e. The number of carboxylic acid groups (broad SMARTS) is 1. The first-order chi connectivity index (χ1) is 21.8. The van der Waals surface area contributed by atoms with E-state index in [1.54, 1.807) is 4.90 Å². The fraction of sp³-hybridized carbons (Fsp3) is 0.441. The quantitative estimate of drug-likeness (QED) is 0.379. The summed E-state index contributed by atoms with van der Waals surface area (Å²) in [6.07, 6.45) is 4.98. The smallest absolute Gasteiger partial charge is 0.328 e. The van der Waals surface area contributed by atoms with Gasteiger partial charge in [-0.25, -0.2) is 4.79 Å². The fourth-order valence-corrected chi connectivity index (χ4v) is 6.91. The third-order valence-electron chi connectivity index (χ3n) is 9.29. The van der Waals surface area contributed by atoms with Crippen LogP contribution in [0.25, 0.3) is 10.8 Å². The molecule has 3 aromatic rings. The predicted octanol–water partition coefficient (Wildman–Crippen LogP) is 3.55. The first kappa shape index (κ1) is 30.3. The van der Waals surface area contributed by atoms with Gasteiger partial charge in [-0.1, -0.05) is 30.3 Å². The van der Waals surface area contributed by atoms with Crippen molar-refractivity contribution in [1.29, 1.82) is 5.26 Å². The summed E-state index contributed by atoms with van der Waals surface area (Å²) in [5.41, 5.74) is 4.40. The number of carbonyl (C=O) groups is 2. The Morgan fingerprint density at radius 2 is 1.89 bits per heavy atom. The Morgan fingerprint density at radius 3 is 2.64 bits per heavy atom. The molecule has 234 valence electrons. The van der Waals surface area contributed by atoms with Gasteiger partial charge in [0, 0.05) is 61.0 Å². The zero-order valence-electron chi connectivity index (χ0n) is 25.9. The Kier molecular flexibility index (Phi) is 8.85. The molecule has 1 aromatic heterocycles. The third kappa shape index (κ3) is 6.42. The summed E-state index contributed by atoms with van der Waals surface area (Å²) in [5.74, 6) is -0.803. The van der Waals surface area contributed by atoms with Crippen molar-refractivity contribution in [3.63, 3.8) is 0 Å². The molecule has 6 rings (SSSR count). The van der Waals surface area contributed by atoms with E-state index in [0.717, 1.165) is 61.6 Å². The number of aryl methyl sites for hydroxylation is 1. The highest BCUT2D eigenvalue weighted by Crippen LogP contribution is 2.36. The maximum atomic E-state index is 12.8. The van der Waals surface area contributed by atoms with Gasteiger partial charge >= 0.3 is 12.0 Å². The number of nitriles is 1. The molecule has 0 aliphatic carbocycles. The van der Waals surface area contributed by atoms with E-state index < -0.39 is 17.9 Å². The number of fused-ring (bicyclic) bond motifs is 2. The van der Waals surface area contributed by atoms with E-state index in [2.05, 4.69) is 71.1 Å². The molecule has 11 heteroatoms. The highest BCUT2D eigenvalue weighted by molar-refractivity contribution is 5.97. The van der Waals surface area contributed by atoms with E-state index in [4.69, 9.17) is 19.8 Å². The second-order valence-corrected chi connectivity index (χ2v) is 12.1. The minimum absolute atomic E-state index is 0.127. The van der Waals surface area contributed by atoms with Crippen molar-refractivity contribution in [2.45, 2.75) is 51.2 Å². The number of amides is 1. The Bertz CT molecular complexity index is 1660. The van der Waals surface area contributed by atoms with Crippen LogP contribution in [0.2, 0.25) is 0 Å². The van der Waals surface area contributed by atoms with Crippen LogP contribution in [0.4, 0.5) is 11.5 Å². The molecule has 2 aromatic carbocycles. The van der Waals surface area contributed by atoms with Gasteiger partial charge in [0.2, 0.25) is 5.91 Å². The van der Waals surface area contributed by atoms with Gasteiger partial charge in [-0.2, -0.15) is 15.2 Å². The summed E-state index contributed by atoms with van der Waals surface area (Å²) in [4.78, 5) is 42.2. The van der Waals surface area contributed by atoms with Gasteiger partial charge in [0.15, 0.2) is 0 Å². The van der Waals surface area contributed by atoms with Crippen LogP contribution in [-0.2, 0) is 22.6 Å². The Hall–Kier alpha value is -4.69. The van der Waals surface area contributed by atoms with Gasteiger partial charge in [-0.3, -0.25) is 4.79 Å². The molecule has 1 amide bonds. The molecule has 3 aliphatic rings. The van der Waals surface area contributed by atoms with Crippen molar-refractivity contribution >= 4 is 34.2 Å². The average molecular weight is 610 g/mol. The Morgan fingerprint density at radius 1 is 1.07 bits per heavy atom. The third-order valence-corrected chi connectivity index (χ3v) is 9.29.